The third-order valence-electron chi connectivity index (χ3n) is 5.27. The van der Waals surface area contributed by atoms with Crippen LogP contribution in [0.15, 0.2) is 30.3 Å². The molecule has 1 aromatic rings. The topological polar surface area (TPSA) is 15.3 Å². The van der Waals surface area contributed by atoms with E-state index in [0.717, 1.165) is 13.1 Å². The monoisotopic (exact) mass is 288 g/mol. The van der Waals surface area contributed by atoms with E-state index < -0.39 is 0 Å². The molecule has 1 aliphatic rings. The number of benzene rings is 1. The Morgan fingerprint density at radius 3 is 2.43 bits per heavy atom. The Morgan fingerprint density at radius 1 is 1.29 bits per heavy atom. The SMILES string of the molecule is CCC(C)N1CC(C(C)(C)C)NCC1(C)c1ccccc1. The maximum Gasteiger partial charge on any atom is 0.0560 e. The van der Waals surface area contributed by atoms with E-state index in [4.69, 9.17) is 0 Å². The van der Waals surface area contributed by atoms with Crippen LogP contribution in [0.5, 0.6) is 0 Å². The van der Waals surface area contributed by atoms with E-state index in [1.807, 2.05) is 0 Å². The van der Waals surface area contributed by atoms with Crippen LogP contribution in [0.1, 0.15) is 53.5 Å². The highest BCUT2D eigenvalue weighted by Crippen LogP contribution is 2.36. The highest BCUT2D eigenvalue weighted by atomic mass is 15.3. The summed E-state index contributed by atoms with van der Waals surface area (Å²) in [6.45, 7) is 16.2. The van der Waals surface area contributed by atoms with Crippen LogP contribution >= 0.6 is 0 Å². The van der Waals surface area contributed by atoms with Crippen molar-refractivity contribution in [2.45, 2.75) is 65.6 Å². The smallest absolute Gasteiger partial charge is 0.0560 e. The van der Waals surface area contributed by atoms with Crippen molar-refractivity contribution < 1.29 is 0 Å². The van der Waals surface area contributed by atoms with Crippen molar-refractivity contribution >= 4 is 0 Å². The normalized spacial score (nSPS) is 29.3. The fraction of sp³-hybridized carbons (Fsp3) is 0.684. The molecule has 0 amide bonds. The molecular weight excluding hydrogens is 256 g/mol. The van der Waals surface area contributed by atoms with Gasteiger partial charge in [-0.2, -0.15) is 0 Å². The maximum absolute atomic E-state index is 3.82. The summed E-state index contributed by atoms with van der Waals surface area (Å²) in [5.41, 5.74) is 1.80. The zero-order chi connectivity index (χ0) is 15.7. The van der Waals surface area contributed by atoms with Gasteiger partial charge in [0, 0.05) is 25.2 Å². The molecule has 0 saturated carbocycles. The highest BCUT2D eigenvalue weighted by Gasteiger charge is 2.43. The average Bonchev–Trinajstić information content (AvgIpc) is 2.46. The van der Waals surface area contributed by atoms with Gasteiger partial charge in [-0.3, -0.25) is 4.90 Å². The molecule has 1 aliphatic heterocycles. The Kier molecular flexibility index (Phi) is 4.79. The van der Waals surface area contributed by atoms with Crippen LogP contribution in [0.4, 0.5) is 0 Å². The largest absolute Gasteiger partial charge is 0.310 e. The lowest BCUT2D eigenvalue weighted by Gasteiger charge is -2.53. The second kappa shape index (κ2) is 6.10. The first-order valence-corrected chi connectivity index (χ1v) is 8.34. The first-order chi connectivity index (χ1) is 9.79. The second-order valence-corrected chi connectivity index (χ2v) is 7.85. The minimum absolute atomic E-state index is 0.0818. The Bertz CT molecular complexity index is 448. The van der Waals surface area contributed by atoms with E-state index >= 15 is 0 Å². The summed E-state index contributed by atoms with van der Waals surface area (Å²) in [6, 6.07) is 12.1. The van der Waals surface area contributed by atoms with Crippen LogP contribution in [0.25, 0.3) is 0 Å². The van der Waals surface area contributed by atoms with Crippen LogP contribution in [0.2, 0.25) is 0 Å². The van der Waals surface area contributed by atoms with Gasteiger partial charge in [-0.25, -0.2) is 0 Å². The molecular formula is C19H32N2. The Morgan fingerprint density at radius 2 is 1.90 bits per heavy atom. The summed E-state index contributed by atoms with van der Waals surface area (Å²) in [7, 11) is 0. The van der Waals surface area contributed by atoms with Gasteiger partial charge in [-0.05, 0) is 31.2 Å². The number of hydrogen-bond acceptors (Lipinski definition) is 2. The van der Waals surface area contributed by atoms with Gasteiger partial charge in [0.2, 0.25) is 0 Å². The van der Waals surface area contributed by atoms with Crippen LogP contribution in [0, 0.1) is 5.41 Å². The summed E-state index contributed by atoms with van der Waals surface area (Å²) in [5, 5.41) is 3.82. The van der Waals surface area contributed by atoms with Gasteiger partial charge in [0.25, 0.3) is 0 Å². The van der Waals surface area contributed by atoms with E-state index in [-0.39, 0.29) is 5.54 Å². The van der Waals surface area contributed by atoms with Crippen LogP contribution < -0.4 is 5.32 Å². The molecule has 0 aliphatic carbocycles. The van der Waals surface area contributed by atoms with Crippen molar-refractivity contribution in [2.75, 3.05) is 13.1 Å². The minimum atomic E-state index is 0.0818. The van der Waals surface area contributed by atoms with Crippen molar-refractivity contribution in [1.82, 2.24) is 10.2 Å². The van der Waals surface area contributed by atoms with E-state index in [1.165, 1.54) is 12.0 Å². The standard InChI is InChI=1S/C19H32N2/c1-7-15(2)21-13-17(18(3,4)5)20-14-19(21,6)16-11-9-8-10-12-16/h8-12,15,17,20H,7,13-14H2,1-6H3. The van der Waals surface area contributed by atoms with E-state index in [0.29, 0.717) is 17.5 Å². The predicted octanol–water partition coefficient (Wildman–Crippen LogP) is 4.02. The van der Waals surface area contributed by atoms with Crippen LogP contribution in [0.3, 0.4) is 0 Å². The quantitative estimate of drug-likeness (QED) is 0.903. The predicted molar refractivity (Wildman–Crippen MR) is 91.5 cm³/mol. The molecule has 2 heteroatoms. The molecule has 21 heavy (non-hydrogen) atoms. The molecule has 1 saturated heterocycles. The van der Waals surface area contributed by atoms with Crippen LogP contribution in [-0.2, 0) is 5.54 Å². The van der Waals surface area contributed by atoms with E-state index in [1.54, 1.807) is 0 Å². The number of nitrogens with zero attached hydrogens (tertiary/aromatic N) is 1. The number of piperazine rings is 1. The second-order valence-electron chi connectivity index (χ2n) is 7.85. The molecule has 0 aromatic heterocycles. The van der Waals surface area contributed by atoms with Gasteiger partial charge in [-0.1, -0.05) is 58.0 Å². The third-order valence-corrected chi connectivity index (χ3v) is 5.27. The lowest BCUT2D eigenvalue weighted by molar-refractivity contribution is -0.00754. The van der Waals surface area contributed by atoms with Gasteiger partial charge in [0.05, 0.1) is 5.54 Å². The van der Waals surface area contributed by atoms with Gasteiger partial charge in [-0.15, -0.1) is 0 Å². The molecule has 3 unspecified atom stereocenters. The van der Waals surface area contributed by atoms with Crippen molar-refractivity contribution in [3.63, 3.8) is 0 Å². The van der Waals surface area contributed by atoms with Gasteiger partial charge < -0.3 is 5.32 Å². The molecule has 1 fully saturated rings. The molecule has 0 spiro atoms. The number of hydrogen-bond donors (Lipinski definition) is 1. The van der Waals surface area contributed by atoms with Crippen molar-refractivity contribution in [2.24, 2.45) is 5.41 Å². The van der Waals surface area contributed by atoms with Gasteiger partial charge >= 0.3 is 0 Å². The fourth-order valence-corrected chi connectivity index (χ4v) is 3.42. The average molecular weight is 288 g/mol. The molecule has 0 radical (unpaired) electrons. The summed E-state index contributed by atoms with van der Waals surface area (Å²) < 4.78 is 0. The zero-order valence-corrected chi connectivity index (χ0v) is 14.6. The minimum Gasteiger partial charge on any atom is -0.310 e. The highest BCUT2D eigenvalue weighted by molar-refractivity contribution is 5.26. The Hall–Kier alpha value is -0.860. The number of nitrogens with one attached hydrogen (secondary N) is 1. The summed E-state index contributed by atoms with van der Waals surface area (Å²) in [6.07, 6.45) is 1.19. The summed E-state index contributed by atoms with van der Waals surface area (Å²) in [4.78, 5) is 2.72. The molecule has 1 N–H and O–H groups in total. The first-order valence-electron chi connectivity index (χ1n) is 8.34. The third kappa shape index (κ3) is 3.32. The lowest BCUT2D eigenvalue weighted by atomic mass is 9.79. The van der Waals surface area contributed by atoms with Crippen LogP contribution in [-0.4, -0.2) is 30.1 Å². The molecule has 1 aromatic carbocycles. The molecule has 0 bridgehead atoms. The first kappa shape index (κ1) is 16.5. The van der Waals surface area contributed by atoms with Gasteiger partial charge in [0.1, 0.15) is 0 Å². The lowest BCUT2D eigenvalue weighted by Crippen LogP contribution is -2.66. The summed E-state index contributed by atoms with van der Waals surface area (Å²) >= 11 is 0. The van der Waals surface area contributed by atoms with E-state index in [9.17, 15) is 0 Å². The van der Waals surface area contributed by atoms with Crippen molar-refractivity contribution in [1.29, 1.82) is 0 Å². The van der Waals surface area contributed by atoms with E-state index in [2.05, 4.69) is 82.1 Å². The van der Waals surface area contributed by atoms with Gasteiger partial charge in [0.15, 0.2) is 0 Å². The Labute approximate surface area is 130 Å². The molecule has 2 nitrogen and oxygen atoms in total. The number of rotatable bonds is 3. The zero-order valence-electron chi connectivity index (χ0n) is 14.6. The summed E-state index contributed by atoms with van der Waals surface area (Å²) in [5.74, 6) is 0. The molecule has 118 valence electrons. The molecule has 1 heterocycles. The van der Waals surface area contributed by atoms with Crippen molar-refractivity contribution in [3.05, 3.63) is 35.9 Å². The van der Waals surface area contributed by atoms with Crippen molar-refractivity contribution in [3.8, 4) is 0 Å². The fourth-order valence-electron chi connectivity index (χ4n) is 3.42. The Balaban J connectivity index is 2.33. The molecule has 2 rings (SSSR count). The molecule has 3 atom stereocenters. The maximum atomic E-state index is 3.82.